The maximum atomic E-state index is 11.8. The molecule has 3 rings (SSSR count). The van der Waals surface area contributed by atoms with Crippen LogP contribution in [0.2, 0.25) is 0 Å². The van der Waals surface area contributed by atoms with Crippen LogP contribution in [0, 0.1) is 5.92 Å². The number of anilines is 1. The SMILES string of the molecule is CC(N)C1CCN(c2c(C(N)=O)cnc3ccccc23)C1. The lowest BCUT2D eigenvalue weighted by molar-refractivity contribution is 0.100. The second-order valence-corrected chi connectivity index (χ2v) is 5.76. The summed E-state index contributed by atoms with van der Waals surface area (Å²) in [6.07, 6.45) is 2.62. The maximum absolute atomic E-state index is 11.8. The fourth-order valence-corrected chi connectivity index (χ4v) is 3.07. The number of carbonyl (C=O) groups is 1. The van der Waals surface area contributed by atoms with Crippen LogP contribution in [0.1, 0.15) is 23.7 Å². The van der Waals surface area contributed by atoms with Crippen molar-refractivity contribution >= 4 is 22.5 Å². The highest BCUT2D eigenvalue weighted by molar-refractivity contribution is 6.06. The van der Waals surface area contributed by atoms with Crippen LogP contribution in [0.4, 0.5) is 5.69 Å². The Bertz CT molecular complexity index is 683. The number of nitrogens with two attached hydrogens (primary N) is 2. The first kappa shape index (κ1) is 13.8. The zero-order valence-electron chi connectivity index (χ0n) is 12.1. The number of carbonyl (C=O) groups excluding carboxylic acids is 1. The minimum Gasteiger partial charge on any atom is -0.370 e. The van der Waals surface area contributed by atoms with E-state index in [1.807, 2.05) is 31.2 Å². The molecule has 2 unspecified atom stereocenters. The number of primary amides is 1. The van der Waals surface area contributed by atoms with E-state index in [-0.39, 0.29) is 6.04 Å². The Hall–Kier alpha value is -2.14. The molecule has 5 heteroatoms. The smallest absolute Gasteiger partial charge is 0.252 e. The molecule has 0 bridgehead atoms. The largest absolute Gasteiger partial charge is 0.370 e. The minimum atomic E-state index is -0.437. The number of para-hydroxylation sites is 1. The van der Waals surface area contributed by atoms with Crippen LogP contribution in [0.3, 0.4) is 0 Å². The quantitative estimate of drug-likeness (QED) is 0.894. The summed E-state index contributed by atoms with van der Waals surface area (Å²) in [7, 11) is 0. The van der Waals surface area contributed by atoms with Gasteiger partial charge >= 0.3 is 0 Å². The Kier molecular flexibility index (Phi) is 3.51. The lowest BCUT2D eigenvalue weighted by Crippen LogP contribution is -2.30. The van der Waals surface area contributed by atoms with Gasteiger partial charge in [-0.15, -0.1) is 0 Å². The van der Waals surface area contributed by atoms with Crippen molar-refractivity contribution in [3.8, 4) is 0 Å². The van der Waals surface area contributed by atoms with Crippen LogP contribution in [-0.2, 0) is 0 Å². The molecule has 0 saturated carbocycles. The summed E-state index contributed by atoms with van der Waals surface area (Å²) in [6, 6.07) is 7.99. The van der Waals surface area contributed by atoms with E-state index in [0.717, 1.165) is 36.1 Å². The number of rotatable bonds is 3. The number of hydrogen-bond donors (Lipinski definition) is 2. The van der Waals surface area contributed by atoms with Gasteiger partial charge in [0.2, 0.25) is 0 Å². The Morgan fingerprint density at radius 2 is 2.19 bits per heavy atom. The molecule has 0 radical (unpaired) electrons. The maximum Gasteiger partial charge on any atom is 0.252 e. The van der Waals surface area contributed by atoms with Gasteiger partial charge < -0.3 is 16.4 Å². The minimum absolute atomic E-state index is 0.153. The standard InChI is InChI=1S/C16H20N4O/c1-10(17)11-6-7-20(9-11)15-12-4-2-3-5-14(12)19-8-13(15)16(18)21/h2-5,8,10-11H,6-7,9,17H2,1H3,(H2,18,21). The van der Waals surface area contributed by atoms with Gasteiger partial charge in [0.15, 0.2) is 0 Å². The Balaban J connectivity index is 2.11. The summed E-state index contributed by atoms with van der Waals surface area (Å²) in [5, 5.41) is 0.971. The van der Waals surface area contributed by atoms with Gasteiger partial charge in [-0.3, -0.25) is 9.78 Å². The normalized spacial score (nSPS) is 19.9. The predicted molar refractivity (Wildman–Crippen MR) is 84.2 cm³/mol. The molecule has 5 nitrogen and oxygen atoms in total. The van der Waals surface area contributed by atoms with E-state index in [1.54, 1.807) is 6.20 Å². The molecule has 1 fully saturated rings. The Labute approximate surface area is 123 Å². The molecule has 2 atom stereocenters. The van der Waals surface area contributed by atoms with E-state index in [9.17, 15) is 4.79 Å². The molecule has 1 aliphatic rings. The summed E-state index contributed by atoms with van der Waals surface area (Å²) in [6.45, 7) is 3.78. The zero-order valence-corrected chi connectivity index (χ0v) is 12.1. The fourth-order valence-electron chi connectivity index (χ4n) is 3.07. The summed E-state index contributed by atoms with van der Waals surface area (Å²) in [4.78, 5) is 18.3. The zero-order chi connectivity index (χ0) is 15.0. The molecule has 2 aromatic rings. The first-order valence-corrected chi connectivity index (χ1v) is 7.26. The van der Waals surface area contributed by atoms with Crippen LogP contribution in [0.25, 0.3) is 10.9 Å². The first-order valence-electron chi connectivity index (χ1n) is 7.26. The van der Waals surface area contributed by atoms with Crippen molar-refractivity contribution in [1.29, 1.82) is 0 Å². The number of benzene rings is 1. The molecule has 1 aromatic carbocycles. The van der Waals surface area contributed by atoms with Crippen molar-refractivity contribution in [2.24, 2.45) is 17.4 Å². The van der Waals surface area contributed by atoms with E-state index < -0.39 is 5.91 Å². The molecule has 2 heterocycles. The predicted octanol–water partition coefficient (Wildman–Crippen LogP) is 1.51. The van der Waals surface area contributed by atoms with Crippen molar-refractivity contribution in [2.75, 3.05) is 18.0 Å². The van der Waals surface area contributed by atoms with Gasteiger partial charge in [-0.05, 0) is 25.3 Å². The van der Waals surface area contributed by atoms with E-state index in [2.05, 4.69) is 9.88 Å². The average Bonchev–Trinajstić information content (AvgIpc) is 2.95. The molecule has 1 aliphatic heterocycles. The molecule has 0 aliphatic carbocycles. The van der Waals surface area contributed by atoms with Crippen LogP contribution >= 0.6 is 0 Å². The van der Waals surface area contributed by atoms with Gasteiger partial charge in [0.05, 0.1) is 16.8 Å². The molecule has 21 heavy (non-hydrogen) atoms. The van der Waals surface area contributed by atoms with E-state index in [0.29, 0.717) is 11.5 Å². The number of amides is 1. The van der Waals surface area contributed by atoms with Gasteiger partial charge in [0, 0.05) is 30.7 Å². The van der Waals surface area contributed by atoms with Crippen LogP contribution in [0.15, 0.2) is 30.5 Å². The highest BCUT2D eigenvalue weighted by Crippen LogP contribution is 2.33. The third-order valence-corrected chi connectivity index (χ3v) is 4.30. The Morgan fingerprint density at radius 1 is 1.43 bits per heavy atom. The van der Waals surface area contributed by atoms with E-state index in [1.165, 1.54) is 0 Å². The van der Waals surface area contributed by atoms with Crippen molar-refractivity contribution in [3.63, 3.8) is 0 Å². The lowest BCUT2D eigenvalue weighted by atomic mass is 10.0. The number of pyridine rings is 1. The topological polar surface area (TPSA) is 85.2 Å². The van der Waals surface area contributed by atoms with E-state index >= 15 is 0 Å². The number of nitrogens with zero attached hydrogens (tertiary/aromatic N) is 2. The second kappa shape index (κ2) is 5.33. The number of hydrogen-bond acceptors (Lipinski definition) is 4. The third kappa shape index (κ3) is 2.45. The fraction of sp³-hybridized carbons (Fsp3) is 0.375. The molecular weight excluding hydrogens is 264 g/mol. The van der Waals surface area contributed by atoms with Gasteiger partial charge in [-0.1, -0.05) is 18.2 Å². The van der Waals surface area contributed by atoms with Crippen molar-refractivity contribution in [2.45, 2.75) is 19.4 Å². The highest BCUT2D eigenvalue weighted by atomic mass is 16.1. The molecule has 4 N–H and O–H groups in total. The first-order chi connectivity index (χ1) is 10.1. The van der Waals surface area contributed by atoms with Gasteiger partial charge in [-0.25, -0.2) is 0 Å². The molecule has 1 saturated heterocycles. The van der Waals surface area contributed by atoms with Crippen LogP contribution in [0.5, 0.6) is 0 Å². The molecule has 1 aromatic heterocycles. The summed E-state index contributed by atoms with van der Waals surface area (Å²) in [5.74, 6) is 0.00477. The monoisotopic (exact) mass is 284 g/mol. The molecular formula is C16H20N4O. The summed E-state index contributed by atoms with van der Waals surface area (Å²) in [5.41, 5.74) is 13.8. The molecule has 1 amide bonds. The van der Waals surface area contributed by atoms with Crippen molar-refractivity contribution in [3.05, 3.63) is 36.0 Å². The van der Waals surface area contributed by atoms with Gasteiger partial charge in [0.25, 0.3) is 5.91 Å². The Morgan fingerprint density at radius 3 is 2.86 bits per heavy atom. The lowest BCUT2D eigenvalue weighted by Gasteiger charge is -2.23. The van der Waals surface area contributed by atoms with Gasteiger partial charge in [0.1, 0.15) is 0 Å². The van der Waals surface area contributed by atoms with Crippen LogP contribution in [-0.4, -0.2) is 30.0 Å². The molecule has 0 spiro atoms. The average molecular weight is 284 g/mol. The molecule has 110 valence electrons. The third-order valence-electron chi connectivity index (χ3n) is 4.30. The second-order valence-electron chi connectivity index (χ2n) is 5.76. The number of aromatic nitrogens is 1. The van der Waals surface area contributed by atoms with E-state index in [4.69, 9.17) is 11.5 Å². The highest BCUT2D eigenvalue weighted by Gasteiger charge is 2.28. The number of fused-ring (bicyclic) bond motifs is 1. The van der Waals surface area contributed by atoms with Gasteiger partial charge in [-0.2, -0.15) is 0 Å². The van der Waals surface area contributed by atoms with Crippen molar-refractivity contribution in [1.82, 2.24) is 4.98 Å². The summed E-state index contributed by atoms with van der Waals surface area (Å²) < 4.78 is 0. The van der Waals surface area contributed by atoms with Crippen molar-refractivity contribution < 1.29 is 4.79 Å². The summed E-state index contributed by atoms with van der Waals surface area (Å²) >= 11 is 0. The van der Waals surface area contributed by atoms with Crippen LogP contribution < -0.4 is 16.4 Å².